The van der Waals surface area contributed by atoms with Crippen molar-refractivity contribution in [2.75, 3.05) is 13.1 Å². The molecule has 1 aliphatic heterocycles. The van der Waals surface area contributed by atoms with Gasteiger partial charge in [-0.2, -0.15) is 11.3 Å². The molecule has 4 aromatic rings. The number of amides is 1. The number of piperidine rings is 1. The van der Waals surface area contributed by atoms with Gasteiger partial charge < -0.3 is 9.32 Å². The number of aromatic nitrogens is 3. The third-order valence-corrected chi connectivity index (χ3v) is 5.77. The maximum absolute atomic E-state index is 13.0. The lowest BCUT2D eigenvalue weighted by molar-refractivity contribution is 0.0693. The third-order valence-electron chi connectivity index (χ3n) is 5.08. The Morgan fingerprint density at radius 1 is 1.14 bits per heavy atom. The Kier molecular flexibility index (Phi) is 4.37. The van der Waals surface area contributed by atoms with Gasteiger partial charge in [0.05, 0.1) is 11.4 Å². The minimum absolute atomic E-state index is 0.0481. The monoisotopic (exact) mass is 390 g/mol. The number of rotatable bonds is 3. The maximum atomic E-state index is 13.0. The predicted octanol–water partition coefficient (Wildman–Crippen LogP) is 4.37. The number of likely N-dealkylation sites (tertiary alicyclic amines) is 1. The molecule has 1 fully saturated rings. The predicted molar refractivity (Wildman–Crippen MR) is 107 cm³/mol. The van der Waals surface area contributed by atoms with Crippen molar-refractivity contribution in [2.45, 2.75) is 18.8 Å². The molecule has 1 aliphatic rings. The van der Waals surface area contributed by atoms with Gasteiger partial charge in [-0.3, -0.25) is 4.79 Å². The van der Waals surface area contributed by atoms with Crippen molar-refractivity contribution in [3.63, 3.8) is 0 Å². The molecule has 0 bridgehead atoms. The van der Waals surface area contributed by atoms with E-state index in [9.17, 15) is 4.79 Å². The van der Waals surface area contributed by atoms with Crippen LogP contribution in [0.5, 0.6) is 0 Å². The molecule has 1 amide bonds. The van der Waals surface area contributed by atoms with E-state index in [1.807, 2.05) is 52.1 Å². The van der Waals surface area contributed by atoms with Crippen molar-refractivity contribution in [3.05, 3.63) is 64.8 Å². The summed E-state index contributed by atoms with van der Waals surface area (Å²) in [5.41, 5.74) is 2.25. The number of carbonyl (C=O) groups excluding carboxylic acids is 1. The second-order valence-corrected chi connectivity index (χ2v) is 7.72. The molecule has 5 rings (SSSR count). The molecule has 0 spiro atoms. The van der Waals surface area contributed by atoms with Crippen LogP contribution in [-0.2, 0) is 0 Å². The standard InChI is InChI=1S/C21H18N4O2S/c26-21(18-8-7-14-4-1-2-6-17(14)22-18)25-10-3-5-15(12-25)19-23-24-20(27-19)16-9-11-28-13-16/h1-2,4,6-9,11,13,15H,3,5,10,12H2. The second kappa shape index (κ2) is 7.16. The van der Waals surface area contributed by atoms with Crippen LogP contribution in [0.4, 0.5) is 0 Å². The van der Waals surface area contributed by atoms with Crippen LogP contribution in [0, 0.1) is 0 Å². The zero-order valence-corrected chi connectivity index (χ0v) is 15.9. The van der Waals surface area contributed by atoms with Crippen LogP contribution in [0.15, 0.2) is 57.6 Å². The smallest absolute Gasteiger partial charge is 0.272 e. The zero-order chi connectivity index (χ0) is 18.9. The van der Waals surface area contributed by atoms with E-state index in [0.717, 1.165) is 35.9 Å². The minimum atomic E-state index is -0.0481. The van der Waals surface area contributed by atoms with Gasteiger partial charge >= 0.3 is 0 Å². The van der Waals surface area contributed by atoms with Gasteiger partial charge in [0.25, 0.3) is 5.91 Å². The highest BCUT2D eigenvalue weighted by atomic mass is 32.1. The van der Waals surface area contributed by atoms with Gasteiger partial charge in [0.2, 0.25) is 11.8 Å². The lowest BCUT2D eigenvalue weighted by Crippen LogP contribution is -2.39. The van der Waals surface area contributed by atoms with Gasteiger partial charge in [-0.25, -0.2) is 4.98 Å². The maximum Gasteiger partial charge on any atom is 0.272 e. The van der Waals surface area contributed by atoms with E-state index in [1.165, 1.54) is 0 Å². The van der Waals surface area contributed by atoms with Crippen molar-refractivity contribution in [2.24, 2.45) is 0 Å². The number of benzene rings is 1. The highest BCUT2D eigenvalue weighted by Crippen LogP contribution is 2.29. The van der Waals surface area contributed by atoms with E-state index in [0.29, 0.717) is 24.0 Å². The van der Waals surface area contributed by atoms with Gasteiger partial charge in [0.15, 0.2) is 0 Å². The zero-order valence-electron chi connectivity index (χ0n) is 15.1. The summed E-state index contributed by atoms with van der Waals surface area (Å²) < 4.78 is 5.89. The Balaban J connectivity index is 1.35. The van der Waals surface area contributed by atoms with Crippen LogP contribution >= 0.6 is 11.3 Å². The van der Waals surface area contributed by atoms with Gasteiger partial charge in [-0.15, -0.1) is 10.2 Å². The lowest BCUT2D eigenvalue weighted by atomic mass is 9.97. The summed E-state index contributed by atoms with van der Waals surface area (Å²) in [4.78, 5) is 19.4. The number of carbonyl (C=O) groups is 1. The number of para-hydroxylation sites is 1. The summed E-state index contributed by atoms with van der Waals surface area (Å²) in [5, 5.41) is 13.4. The van der Waals surface area contributed by atoms with Crippen molar-refractivity contribution >= 4 is 28.1 Å². The van der Waals surface area contributed by atoms with E-state index < -0.39 is 0 Å². The van der Waals surface area contributed by atoms with Crippen LogP contribution in [0.1, 0.15) is 35.1 Å². The number of nitrogens with zero attached hydrogens (tertiary/aromatic N) is 4. The Morgan fingerprint density at radius 2 is 2.07 bits per heavy atom. The van der Waals surface area contributed by atoms with Crippen LogP contribution in [0.25, 0.3) is 22.4 Å². The number of hydrogen-bond acceptors (Lipinski definition) is 6. The minimum Gasteiger partial charge on any atom is -0.420 e. The van der Waals surface area contributed by atoms with Crippen molar-refractivity contribution < 1.29 is 9.21 Å². The van der Waals surface area contributed by atoms with E-state index in [1.54, 1.807) is 17.4 Å². The van der Waals surface area contributed by atoms with Gasteiger partial charge in [-0.05, 0) is 36.4 Å². The summed E-state index contributed by atoms with van der Waals surface area (Å²) >= 11 is 1.59. The van der Waals surface area contributed by atoms with Gasteiger partial charge in [0, 0.05) is 29.4 Å². The molecule has 0 aliphatic carbocycles. The van der Waals surface area contributed by atoms with Gasteiger partial charge in [0.1, 0.15) is 5.69 Å². The Bertz CT molecular complexity index is 1120. The average Bonchev–Trinajstić information content (AvgIpc) is 3.45. The van der Waals surface area contributed by atoms with Crippen LogP contribution in [0.3, 0.4) is 0 Å². The molecule has 0 N–H and O–H groups in total. The first-order valence-electron chi connectivity index (χ1n) is 9.29. The molecule has 4 heterocycles. The van der Waals surface area contributed by atoms with Crippen molar-refractivity contribution in [3.8, 4) is 11.5 Å². The average molecular weight is 390 g/mol. The normalized spacial score (nSPS) is 17.1. The molecular weight excluding hydrogens is 372 g/mol. The first-order chi connectivity index (χ1) is 13.8. The van der Waals surface area contributed by atoms with Crippen LogP contribution < -0.4 is 0 Å². The Hall–Kier alpha value is -3.06. The molecular formula is C21H18N4O2S. The second-order valence-electron chi connectivity index (χ2n) is 6.94. The van der Waals surface area contributed by atoms with E-state index in [4.69, 9.17) is 4.42 Å². The lowest BCUT2D eigenvalue weighted by Gasteiger charge is -2.30. The van der Waals surface area contributed by atoms with Crippen molar-refractivity contribution in [1.29, 1.82) is 0 Å². The molecule has 1 aromatic carbocycles. The fourth-order valence-corrected chi connectivity index (χ4v) is 4.24. The molecule has 6 nitrogen and oxygen atoms in total. The first kappa shape index (κ1) is 17.1. The molecule has 0 radical (unpaired) electrons. The number of pyridine rings is 1. The van der Waals surface area contributed by atoms with E-state index in [2.05, 4.69) is 15.2 Å². The first-order valence-corrected chi connectivity index (χ1v) is 10.2. The van der Waals surface area contributed by atoms with Crippen LogP contribution in [0.2, 0.25) is 0 Å². The third kappa shape index (κ3) is 3.18. The largest absolute Gasteiger partial charge is 0.420 e. The molecule has 1 saturated heterocycles. The van der Waals surface area contributed by atoms with Gasteiger partial charge in [-0.1, -0.05) is 24.3 Å². The molecule has 3 aromatic heterocycles. The molecule has 0 saturated carbocycles. The number of thiophene rings is 1. The fraction of sp³-hybridized carbons (Fsp3) is 0.238. The molecule has 28 heavy (non-hydrogen) atoms. The fourth-order valence-electron chi connectivity index (χ4n) is 3.61. The molecule has 1 unspecified atom stereocenters. The Morgan fingerprint density at radius 3 is 2.96 bits per heavy atom. The molecule has 1 atom stereocenters. The summed E-state index contributed by atoms with van der Waals surface area (Å²) in [6.07, 6.45) is 1.83. The number of hydrogen-bond donors (Lipinski definition) is 0. The molecule has 7 heteroatoms. The quantitative estimate of drug-likeness (QED) is 0.519. The molecule has 140 valence electrons. The summed E-state index contributed by atoms with van der Waals surface area (Å²) in [7, 11) is 0. The summed E-state index contributed by atoms with van der Waals surface area (Å²) in [6.45, 7) is 1.29. The highest BCUT2D eigenvalue weighted by molar-refractivity contribution is 7.08. The number of fused-ring (bicyclic) bond motifs is 1. The summed E-state index contributed by atoms with van der Waals surface area (Å²) in [6, 6.07) is 13.5. The Labute approximate surface area is 165 Å². The van der Waals surface area contributed by atoms with Crippen molar-refractivity contribution in [1.82, 2.24) is 20.1 Å². The van der Waals surface area contributed by atoms with E-state index in [-0.39, 0.29) is 11.8 Å². The van der Waals surface area contributed by atoms with Crippen LogP contribution in [-0.4, -0.2) is 39.1 Å². The SMILES string of the molecule is O=C(c1ccc2ccccc2n1)N1CCCC(c2nnc(-c3ccsc3)o2)C1. The van der Waals surface area contributed by atoms with E-state index >= 15 is 0 Å². The highest BCUT2D eigenvalue weighted by Gasteiger charge is 2.29. The summed E-state index contributed by atoms with van der Waals surface area (Å²) in [5.74, 6) is 1.15. The topological polar surface area (TPSA) is 72.1 Å².